The summed E-state index contributed by atoms with van der Waals surface area (Å²) in [7, 11) is 1.58. The Morgan fingerprint density at radius 1 is 1.10 bits per heavy atom. The lowest BCUT2D eigenvalue weighted by Gasteiger charge is -2.16. The van der Waals surface area contributed by atoms with E-state index in [1.165, 1.54) is 16.8 Å². The predicted molar refractivity (Wildman–Crippen MR) is 108 cm³/mol. The van der Waals surface area contributed by atoms with Gasteiger partial charge < -0.3 is 14.8 Å². The minimum atomic E-state index is -4.82. The second kappa shape index (κ2) is 8.71. The first-order chi connectivity index (χ1) is 14.5. The van der Waals surface area contributed by atoms with Crippen LogP contribution >= 0.6 is 0 Å². The highest BCUT2D eigenvalue weighted by Crippen LogP contribution is 2.31. The molecule has 1 atom stereocenters. The minimum Gasteiger partial charge on any atom is -0.438 e. The molecule has 1 amide bonds. The Hall–Kier alpha value is -3.49. The van der Waals surface area contributed by atoms with Crippen LogP contribution in [0.2, 0.25) is 0 Å². The number of carbonyl (C=O) groups excluding carboxylic acids is 1. The number of aromatic nitrogens is 2. The zero-order valence-electron chi connectivity index (χ0n) is 17.4. The molecule has 0 spiro atoms. The van der Waals surface area contributed by atoms with Gasteiger partial charge in [-0.1, -0.05) is 35.9 Å². The van der Waals surface area contributed by atoms with E-state index in [1.54, 1.807) is 14.0 Å². The van der Waals surface area contributed by atoms with Crippen LogP contribution in [0.1, 0.15) is 40.1 Å². The number of hydrogen-bond acceptors (Lipinski definition) is 4. The molecule has 1 N–H and O–H groups in total. The van der Waals surface area contributed by atoms with Crippen molar-refractivity contribution in [3.8, 4) is 17.4 Å². The molecule has 0 aliphatic heterocycles. The van der Waals surface area contributed by atoms with Crippen LogP contribution < -0.4 is 14.8 Å². The molecule has 3 rings (SSSR count). The number of carbonyl (C=O) groups is 1. The summed E-state index contributed by atoms with van der Waals surface area (Å²) in [6.45, 7) is 5.48. The van der Waals surface area contributed by atoms with Gasteiger partial charge in [-0.15, -0.1) is 13.2 Å². The number of benzene rings is 2. The first kappa shape index (κ1) is 22.2. The van der Waals surface area contributed by atoms with Gasteiger partial charge in [-0.25, -0.2) is 4.68 Å². The highest BCUT2D eigenvalue weighted by molar-refractivity contribution is 5.98. The van der Waals surface area contributed by atoms with E-state index in [2.05, 4.69) is 15.2 Å². The van der Waals surface area contributed by atoms with E-state index >= 15 is 0 Å². The van der Waals surface area contributed by atoms with Gasteiger partial charge in [0.05, 0.1) is 11.7 Å². The number of ether oxygens (including phenoxy) is 2. The third-order valence-electron chi connectivity index (χ3n) is 4.58. The van der Waals surface area contributed by atoms with Gasteiger partial charge >= 0.3 is 6.36 Å². The van der Waals surface area contributed by atoms with Crippen LogP contribution in [0.25, 0.3) is 0 Å². The van der Waals surface area contributed by atoms with Crippen molar-refractivity contribution in [2.75, 3.05) is 0 Å². The molecule has 6 nitrogen and oxygen atoms in total. The zero-order chi connectivity index (χ0) is 22.8. The van der Waals surface area contributed by atoms with E-state index in [-0.39, 0.29) is 23.2 Å². The summed E-state index contributed by atoms with van der Waals surface area (Å²) >= 11 is 0. The number of hydrogen-bond donors (Lipinski definition) is 1. The second-order valence-electron chi connectivity index (χ2n) is 7.12. The largest absolute Gasteiger partial charge is 0.573 e. The standard InChI is InChI=1S/C22H22F3N3O3/c1-13-8-10-16(11-9-13)14(2)26-20(29)19-15(3)27-28(4)21(19)30-17-6-5-7-18(12-17)31-22(23,24)25/h5-12,14H,1-4H3,(H,26,29). The maximum Gasteiger partial charge on any atom is 0.573 e. The van der Waals surface area contributed by atoms with Gasteiger partial charge in [0.15, 0.2) is 0 Å². The Morgan fingerprint density at radius 2 is 1.74 bits per heavy atom. The monoisotopic (exact) mass is 433 g/mol. The summed E-state index contributed by atoms with van der Waals surface area (Å²) in [5.74, 6) is -0.653. The van der Waals surface area contributed by atoms with Gasteiger partial charge in [0.25, 0.3) is 5.91 Å². The highest BCUT2D eigenvalue weighted by atomic mass is 19.4. The molecule has 31 heavy (non-hydrogen) atoms. The number of aryl methyl sites for hydroxylation is 3. The number of alkyl halides is 3. The molecular weight excluding hydrogens is 411 g/mol. The summed E-state index contributed by atoms with van der Waals surface area (Å²) in [6.07, 6.45) is -4.82. The molecule has 1 aromatic heterocycles. The summed E-state index contributed by atoms with van der Waals surface area (Å²) in [6, 6.07) is 12.6. The fourth-order valence-electron chi connectivity index (χ4n) is 3.07. The number of nitrogens with one attached hydrogen (secondary N) is 1. The van der Waals surface area contributed by atoms with Crippen LogP contribution in [0.15, 0.2) is 48.5 Å². The third kappa shape index (κ3) is 5.56. The quantitative estimate of drug-likeness (QED) is 0.579. The van der Waals surface area contributed by atoms with E-state index in [0.29, 0.717) is 5.69 Å². The molecule has 0 fully saturated rings. The highest BCUT2D eigenvalue weighted by Gasteiger charge is 2.31. The van der Waals surface area contributed by atoms with Crippen molar-refractivity contribution < 1.29 is 27.4 Å². The molecule has 9 heteroatoms. The lowest BCUT2D eigenvalue weighted by molar-refractivity contribution is -0.274. The molecule has 1 heterocycles. The Morgan fingerprint density at radius 3 is 2.39 bits per heavy atom. The van der Waals surface area contributed by atoms with Crippen molar-refractivity contribution in [3.05, 3.63) is 70.9 Å². The van der Waals surface area contributed by atoms with Crippen molar-refractivity contribution >= 4 is 5.91 Å². The van der Waals surface area contributed by atoms with Gasteiger partial charge in [0.1, 0.15) is 17.1 Å². The first-order valence-corrected chi connectivity index (χ1v) is 9.48. The lowest BCUT2D eigenvalue weighted by Crippen LogP contribution is -2.27. The van der Waals surface area contributed by atoms with Crippen molar-refractivity contribution in [2.24, 2.45) is 7.05 Å². The average molecular weight is 433 g/mol. The van der Waals surface area contributed by atoms with Crippen LogP contribution in [-0.2, 0) is 7.05 Å². The molecule has 3 aromatic rings. The smallest absolute Gasteiger partial charge is 0.438 e. The summed E-state index contributed by atoms with van der Waals surface area (Å²) in [4.78, 5) is 13.0. The van der Waals surface area contributed by atoms with E-state index in [4.69, 9.17) is 4.74 Å². The van der Waals surface area contributed by atoms with Crippen LogP contribution in [0, 0.1) is 13.8 Å². The maximum absolute atomic E-state index is 13.0. The predicted octanol–water partition coefficient (Wildman–Crippen LogP) is 5.22. The van der Waals surface area contributed by atoms with Crippen molar-refractivity contribution in [2.45, 2.75) is 33.2 Å². The Bertz CT molecular complexity index is 1080. The fraction of sp³-hybridized carbons (Fsp3) is 0.273. The van der Waals surface area contributed by atoms with E-state index in [1.807, 2.05) is 38.1 Å². The Kier molecular flexibility index (Phi) is 6.24. The summed E-state index contributed by atoms with van der Waals surface area (Å²) < 4.78 is 48.5. The molecule has 0 saturated heterocycles. The van der Waals surface area contributed by atoms with Crippen molar-refractivity contribution in [3.63, 3.8) is 0 Å². The second-order valence-corrected chi connectivity index (χ2v) is 7.12. The molecule has 0 bridgehead atoms. The van der Waals surface area contributed by atoms with E-state index in [9.17, 15) is 18.0 Å². The molecule has 0 aliphatic carbocycles. The van der Waals surface area contributed by atoms with Gasteiger partial charge in [-0.3, -0.25) is 4.79 Å². The van der Waals surface area contributed by atoms with Gasteiger partial charge in [0, 0.05) is 13.1 Å². The first-order valence-electron chi connectivity index (χ1n) is 9.48. The number of halogens is 3. The number of nitrogens with zero attached hydrogens (tertiary/aromatic N) is 2. The SMILES string of the molecule is Cc1ccc(C(C)NC(=O)c2c(C)nn(C)c2Oc2cccc(OC(F)(F)F)c2)cc1. The number of amides is 1. The molecule has 1 unspecified atom stereocenters. The summed E-state index contributed by atoms with van der Waals surface area (Å²) in [5.41, 5.74) is 2.66. The van der Waals surface area contributed by atoms with Crippen LogP contribution in [0.3, 0.4) is 0 Å². The average Bonchev–Trinajstić information content (AvgIpc) is 2.94. The molecule has 0 radical (unpaired) electrons. The van der Waals surface area contributed by atoms with Crippen molar-refractivity contribution in [1.82, 2.24) is 15.1 Å². The van der Waals surface area contributed by atoms with E-state index < -0.39 is 18.0 Å². The fourth-order valence-corrected chi connectivity index (χ4v) is 3.07. The van der Waals surface area contributed by atoms with Gasteiger partial charge in [-0.2, -0.15) is 5.10 Å². The number of rotatable bonds is 6. The van der Waals surface area contributed by atoms with Crippen molar-refractivity contribution in [1.29, 1.82) is 0 Å². The van der Waals surface area contributed by atoms with E-state index in [0.717, 1.165) is 23.3 Å². The molecular formula is C22H22F3N3O3. The van der Waals surface area contributed by atoms with Crippen LogP contribution in [0.5, 0.6) is 17.4 Å². The lowest BCUT2D eigenvalue weighted by atomic mass is 10.1. The topological polar surface area (TPSA) is 65.4 Å². The summed E-state index contributed by atoms with van der Waals surface area (Å²) in [5, 5.41) is 7.13. The third-order valence-corrected chi connectivity index (χ3v) is 4.58. The molecule has 0 aliphatic rings. The van der Waals surface area contributed by atoms with Gasteiger partial charge in [0.2, 0.25) is 5.88 Å². The molecule has 164 valence electrons. The van der Waals surface area contributed by atoms with Crippen LogP contribution in [-0.4, -0.2) is 22.1 Å². The maximum atomic E-state index is 13.0. The van der Waals surface area contributed by atoms with Crippen LogP contribution in [0.4, 0.5) is 13.2 Å². The Labute approximate surface area is 177 Å². The normalized spacial score (nSPS) is 12.4. The molecule has 0 saturated carbocycles. The minimum absolute atomic E-state index is 0.0744. The Balaban J connectivity index is 1.83. The zero-order valence-corrected chi connectivity index (χ0v) is 17.4. The van der Waals surface area contributed by atoms with Gasteiger partial charge in [-0.05, 0) is 38.5 Å². The molecule has 2 aromatic carbocycles.